The Morgan fingerprint density at radius 3 is 2.50 bits per heavy atom. The molecule has 1 nitrogen and oxygen atoms in total. The van der Waals surface area contributed by atoms with Crippen molar-refractivity contribution in [3.8, 4) is 0 Å². The molecule has 1 aliphatic rings. The Balaban J connectivity index is 2.16. The van der Waals surface area contributed by atoms with Gasteiger partial charge in [-0.3, -0.25) is 4.79 Å². The SMILES string of the molecule is Cc1ccc(C(=O)C2=CCC(C)CC2)cc1. The first-order valence-corrected chi connectivity index (χ1v) is 5.97. The van der Waals surface area contributed by atoms with Crippen molar-refractivity contribution < 1.29 is 4.79 Å². The summed E-state index contributed by atoms with van der Waals surface area (Å²) in [4.78, 5) is 12.1. The fraction of sp³-hybridized carbons (Fsp3) is 0.400. The number of hydrogen-bond donors (Lipinski definition) is 0. The molecule has 0 bridgehead atoms. The number of Topliss-reactive ketones (excluding diaryl/α,β-unsaturated/α-hetero) is 1. The number of carbonyl (C=O) groups is 1. The second-order valence-electron chi connectivity index (χ2n) is 4.80. The van der Waals surface area contributed by atoms with E-state index in [1.54, 1.807) is 0 Å². The lowest BCUT2D eigenvalue weighted by molar-refractivity contribution is 0.102. The quantitative estimate of drug-likeness (QED) is 0.682. The van der Waals surface area contributed by atoms with Crippen LogP contribution < -0.4 is 0 Å². The number of ketones is 1. The van der Waals surface area contributed by atoms with Crippen molar-refractivity contribution in [2.24, 2.45) is 5.92 Å². The number of hydrogen-bond acceptors (Lipinski definition) is 1. The molecule has 1 aliphatic carbocycles. The lowest BCUT2D eigenvalue weighted by Crippen LogP contribution is -2.10. The summed E-state index contributed by atoms with van der Waals surface area (Å²) in [5, 5.41) is 0. The van der Waals surface area contributed by atoms with Crippen LogP contribution in [0.1, 0.15) is 42.1 Å². The van der Waals surface area contributed by atoms with Crippen LogP contribution in [-0.2, 0) is 0 Å². The van der Waals surface area contributed by atoms with Crippen molar-refractivity contribution in [2.45, 2.75) is 33.1 Å². The van der Waals surface area contributed by atoms with E-state index in [9.17, 15) is 4.79 Å². The lowest BCUT2D eigenvalue weighted by Gasteiger charge is -2.17. The van der Waals surface area contributed by atoms with E-state index < -0.39 is 0 Å². The summed E-state index contributed by atoms with van der Waals surface area (Å²) >= 11 is 0. The smallest absolute Gasteiger partial charge is 0.188 e. The maximum atomic E-state index is 12.1. The molecule has 0 radical (unpaired) electrons. The molecule has 2 rings (SSSR count). The number of aryl methyl sites for hydroxylation is 1. The molecule has 0 saturated heterocycles. The summed E-state index contributed by atoms with van der Waals surface area (Å²) in [6, 6.07) is 7.85. The van der Waals surface area contributed by atoms with E-state index in [2.05, 4.69) is 13.0 Å². The average Bonchev–Trinajstić information content (AvgIpc) is 2.30. The highest BCUT2D eigenvalue weighted by molar-refractivity contribution is 6.08. The highest BCUT2D eigenvalue weighted by Crippen LogP contribution is 2.25. The van der Waals surface area contributed by atoms with Crippen LogP contribution in [0, 0.1) is 12.8 Å². The first-order chi connectivity index (χ1) is 7.66. The van der Waals surface area contributed by atoms with E-state index in [0.29, 0.717) is 0 Å². The molecule has 16 heavy (non-hydrogen) atoms. The van der Waals surface area contributed by atoms with Crippen LogP contribution in [0.25, 0.3) is 0 Å². The van der Waals surface area contributed by atoms with Crippen molar-refractivity contribution >= 4 is 5.78 Å². The van der Waals surface area contributed by atoms with Gasteiger partial charge in [-0.2, -0.15) is 0 Å². The fourth-order valence-electron chi connectivity index (χ4n) is 2.06. The molecule has 1 heteroatoms. The van der Waals surface area contributed by atoms with Crippen LogP contribution in [-0.4, -0.2) is 5.78 Å². The van der Waals surface area contributed by atoms with Crippen molar-refractivity contribution in [1.29, 1.82) is 0 Å². The van der Waals surface area contributed by atoms with Gasteiger partial charge in [-0.05, 0) is 37.7 Å². The predicted molar refractivity (Wildman–Crippen MR) is 66.6 cm³/mol. The third-order valence-corrected chi connectivity index (χ3v) is 3.28. The van der Waals surface area contributed by atoms with Crippen LogP contribution in [0.4, 0.5) is 0 Å². The van der Waals surface area contributed by atoms with E-state index in [4.69, 9.17) is 0 Å². The Morgan fingerprint density at radius 2 is 1.94 bits per heavy atom. The molecule has 84 valence electrons. The van der Waals surface area contributed by atoms with Crippen molar-refractivity contribution in [2.75, 3.05) is 0 Å². The minimum absolute atomic E-state index is 0.215. The molecule has 0 N–H and O–H groups in total. The summed E-state index contributed by atoms with van der Waals surface area (Å²) < 4.78 is 0. The molecule has 0 heterocycles. The van der Waals surface area contributed by atoms with Crippen LogP contribution >= 0.6 is 0 Å². The fourth-order valence-corrected chi connectivity index (χ4v) is 2.06. The van der Waals surface area contributed by atoms with Gasteiger partial charge in [0.1, 0.15) is 0 Å². The van der Waals surface area contributed by atoms with Gasteiger partial charge in [0.15, 0.2) is 5.78 Å². The van der Waals surface area contributed by atoms with E-state index in [1.807, 2.05) is 31.2 Å². The minimum atomic E-state index is 0.215. The summed E-state index contributed by atoms with van der Waals surface area (Å²) in [6.45, 7) is 4.28. The molecule has 0 amide bonds. The summed E-state index contributed by atoms with van der Waals surface area (Å²) in [6.07, 6.45) is 5.25. The van der Waals surface area contributed by atoms with Gasteiger partial charge in [0.25, 0.3) is 0 Å². The second kappa shape index (κ2) is 4.65. The van der Waals surface area contributed by atoms with Gasteiger partial charge in [-0.1, -0.05) is 42.8 Å². The zero-order valence-corrected chi connectivity index (χ0v) is 9.99. The second-order valence-corrected chi connectivity index (χ2v) is 4.80. The highest BCUT2D eigenvalue weighted by Gasteiger charge is 2.16. The van der Waals surface area contributed by atoms with Gasteiger partial charge in [0.2, 0.25) is 0 Å². The number of benzene rings is 1. The third-order valence-electron chi connectivity index (χ3n) is 3.28. The molecule has 0 aliphatic heterocycles. The third kappa shape index (κ3) is 2.41. The Kier molecular flexibility index (Phi) is 3.23. The van der Waals surface area contributed by atoms with E-state index in [-0.39, 0.29) is 5.78 Å². The monoisotopic (exact) mass is 214 g/mol. The van der Waals surface area contributed by atoms with Gasteiger partial charge in [-0.15, -0.1) is 0 Å². The van der Waals surface area contributed by atoms with Crippen LogP contribution in [0.15, 0.2) is 35.9 Å². The molecule has 1 aromatic rings. The molecular formula is C15H18O. The molecule has 1 unspecified atom stereocenters. The van der Waals surface area contributed by atoms with E-state index in [0.717, 1.165) is 36.3 Å². The molecule has 0 saturated carbocycles. The summed E-state index contributed by atoms with van der Waals surface area (Å²) in [5.74, 6) is 0.946. The van der Waals surface area contributed by atoms with E-state index >= 15 is 0 Å². The van der Waals surface area contributed by atoms with Gasteiger partial charge >= 0.3 is 0 Å². The van der Waals surface area contributed by atoms with Crippen LogP contribution in [0.2, 0.25) is 0 Å². The maximum Gasteiger partial charge on any atom is 0.188 e. The van der Waals surface area contributed by atoms with Gasteiger partial charge in [0, 0.05) is 5.56 Å². The van der Waals surface area contributed by atoms with Crippen molar-refractivity contribution in [3.63, 3.8) is 0 Å². The molecular weight excluding hydrogens is 196 g/mol. The van der Waals surface area contributed by atoms with Crippen LogP contribution in [0.5, 0.6) is 0 Å². The zero-order chi connectivity index (χ0) is 11.5. The Labute approximate surface area is 97.2 Å². The standard InChI is InChI=1S/C15H18O/c1-11-3-7-13(8-4-11)15(16)14-9-5-12(2)6-10-14/h3-4,7-9,12H,5-6,10H2,1-2H3. The minimum Gasteiger partial charge on any atom is -0.289 e. The molecule has 0 aromatic heterocycles. The maximum absolute atomic E-state index is 12.1. The first kappa shape index (κ1) is 11.1. The zero-order valence-electron chi connectivity index (χ0n) is 9.99. The van der Waals surface area contributed by atoms with Gasteiger partial charge in [-0.25, -0.2) is 0 Å². The number of allylic oxidation sites excluding steroid dienone is 2. The van der Waals surface area contributed by atoms with Gasteiger partial charge in [0.05, 0.1) is 0 Å². The van der Waals surface area contributed by atoms with Gasteiger partial charge < -0.3 is 0 Å². The Bertz CT molecular complexity index is 412. The van der Waals surface area contributed by atoms with Crippen molar-refractivity contribution in [3.05, 3.63) is 47.0 Å². The Hall–Kier alpha value is -1.37. The van der Waals surface area contributed by atoms with E-state index in [1.165, 1.54) is 5.56 Å². The lowest BCUT2D eigenvalue weighted by atomic mass is 9.87. The highest BCUT2D eigenvalue weighted by atomic mass is 16.1. The predicted octanol–water partition coefficient (Wildman–Crippen LogP) is 3.92. The normalized spacial score (nSPS) is 20.4. The number of carbonyl (C=O) groups excluding carboxylic acids is 1. The Morgan fingerprint density at radius 1 is 1.25 bits per heavy atom. The molecule has 1 atom stereocenters. The largest absolute Gasteiger partial charge is 0.289 e. The topological polar surface area (TPSA) is 17.1 Å². The van der Waals surface area contributed by atoms with Crippen molar-refractivity contribution in [1.82, 2.24) is 0 Å². The van der Waals surface area contributed by atoms with Crippen LogP contribution in [0.3, 0.4) is 0 Å². The molecule has 1 aromatic carbocycles. The molecule has 0 fully saturated rings. The molecule has 0 spiro atoms. The number of rotatable bonds is 2. The summed E-state index contributed by atoms with van der Waals surface area (Å²) in [7, 11) is 0. The average molecular weight is 214 g/mol. The summed E-state index contributed by atoms with van der Waals surface area (Å²) in [5.41, 5.74) is 3.02. The first-order valence-electron chi connectivity index (χ1n) is 5.97.